The predicted octanol–water partition coefficient (Wildman–Crippen LogP) is 4.45. The van der Waals surface area contributed by atoms with Gasteiger partial charge >= 0.3 is 0 Å². The topological polar surface area (TPSA) is 96.0 Å². The average molecular weight is 476 g/mol. The maximum absolute atomic E-state index is 12.2. The van der Waals surface area contributed by atoms with Crippen LogP contribution in [-0.4, -0.2) is 34.4 Å². The first kappa shape index (κ1) is 23.1. The third-order valence-electron chi connectivity index (χ3n) is 6.04. The summed E-state index contributed by atoms with van der Waals surface area (Å²) < 4.78 is 0. The molecule has 1 aliphatic rings. The maximum atomic E-state index is 12.2. The van der Waals surface area contributed by atoms with E-state index in [-0.39, 0.29) is 17.9 Å². The van der Waals surface area contributed by atoms with Crippen LogP contribution in [0.5, 0.6) is 0 Å². The summed E-state index contributed by atoms with van der Waals surface area (Å²) in [7, 11) is 0. The molecule has 36 heavy (non-hydrogen) atoms. The number of hydrogen-bond acceptors (Lipinski definition) is 5. The molecule has 0 spiro atoms. The number of benzene rings is 3. The molecular weight excluding hydrogens is 450 g/mol. The number of amides is 2. The molecule has 7 nitrogen and oxygen atoms in total. The minimum Gasteiger partial charge on any atom is -0.352 e. The number of carbonyl (C=O) groups is 2. The molecule has 1 aliphatic heterocycles. The lowest BCUT2D eigenvalue weighted by atomic mass is 9.92. The monoisotopic (exact) mass is 475 g/mol. The Bertz CT molecular complexity index is 1530. The van der Waals surface area contributed by atoms with Gasteiger partial charge in [0.05, 0.1) is 5.52 Å². The minimum absolute atomic E-state index is 0.0458. The maximum Gasteiger partial charge on any atom is 0.251 e. The molecule has 3 N–H and O–H groups in total. The van der Waals surface area contributed by atoms with Gasteiger partial charge in [0, 0.05) is 46.5 Å². The molecule has 5 rings (SSSR count). The zero-order chi connectivity index (χ0) is 25.2. The summed E-state index contributed by atoms with van der Waals surface area (Å²) in [6.45, 7) is 4.47. The number of carbonyl (C=O) groups excluding carboxylic acids is 2. The number of anilines is 2. The molecule has 0 radical (unpaired) electrons. The van der Waals surface area contributed by atoms with E-state index in [1.807, 2.05) is 56.3 Å². The largest absolute Gasteiger partial charge is 0.352 e. The van der Waals surface area contributed by atoms with Gasteiger partial charge in [-0.25, -0.2) is 9.97 Å². The summed E-state index contributed by atoms with van der Waals surface area (Å²) in [6, 6.07) is 16.9. The van der Waals surface area contributed by atoms with Crippen molar-refractivity contribution in [1.82, 2.24) is 20.6 Å². The van der Waals surface area contributed by atoms with Gasteiger partial charge in [-0.2, -0.15) is 0 Å². The Morgan fingerprint density at radius 2 is 1.89 bits per heavy atom. The fourth-order valence-corrected chi connectivity index (χ4v) is 4.27. The molecule has 1 aromatic heterocycles. The number of rotatable bonds is 5. The summed E-state index contributed by atoms with van der Waals surface area (Å²) in [6.07, 6.45) is 8.35. The second kappa shape index (κ2) is 9.51. The van der Waals surface area contributed by atoms with Crippen LogP contribution in [0.2, 0.25) is 0 Å². The highest BCUT2D eigenvalue weighted by Crippen LogP contribution is 2.30. The van der Waals surface area contributed by atoms with E-state index in [2.05, 4.69) is 26.9 Å². The molecule has 0 saturated heterocycles. The quantitative estimate of drug-likeness (QED) is 0.371. The van der Waals surface area contributed by atoms with Gasteiger partial charge in [-0.3, -0.25) is 9.59 Å². The van der Waals surface area contributed by atoms with Gasteiger partial charge in [0.15, 0.2) is 0 Å². The molecule has 2 heterocycles. The molecule has 3 aromatic carbocycles. The first-order valence-corrected chi connectivity index (χ1v) is 11.8. The van der Waals surface area contributed by atoms with Crippen molar-refractivity contribution in [3.05, 3.63) is 83.0 Å². The first-order chi connectivity index (χ1) is 17.4. The van der Waals surface area contributed by atoms with Crippen molar-refractivity contribution < 1.29 is 9.59 Å². The summed E-state index contributed by atoms with van der Waals surface area (Å²) in [5.74, 6) is 3.05. The van der Waals surface area contributed by atoms with Gasteiger partial charge in [-0.15, -0.1) is 6.42 Å². The lowest BCUT2D eigenvalue weighted by Gasteiger charge is -2.18. The third-order valence-corrected chi connectivity index (χ3v) is 6.04. The summed E-state index contributed by atoms with van der Waals surface area (Å²) >= 11 is 0. The average Bonchev–Trinajstić information content (AvgIpc) is 2.88. The highest BCUT2D eigenvalue weighted by atomic mass is 16.2. The van der Waals surface area contributed by atoms with E-state index in [1.54, 1.807) is 18.3 Å². The van der Waals surface area contributed by atoms with E-state index in [0.29, 0.717) is 23.6 Å². The standard InChI is InChI=1S/C29H25N5O2/c1-4-18-13-22-16-31-29(33-23-8-5-19(6-9-23)27(35)32-17(2)3)34-26(22)15-25(18)20-7-10-24-21(14-20)11-12-30-28(24)36/h1,5-10,13-17H,11-12H2,2-3H3,(H,30,36)(H,32,35)(H,31,33,34). The molecule has 7 heteroatoms. The van der Waals surface area contributed by atoms with Crippen molar-refractivity contribution in [2.24, 2.45) is 0 Å². The molecule has 0 atom stereocenters. The Labute approximate surface area is 209 Å². The number of fused-ring (bicyclic) bond motifs is 2. The van der Waals surface area contributed by atoms with Gasteiger partial charge in [0.25, 0.3) is 11.8 Å². The fraction of sp³-hybridized carbons (Fsp3) is 0.172. The minimum atomic E-state index is -0.113. The molecule has 0 fully saturated rings. The normalized spacial score (nSPS) is 12.6. The number of aromatic nitrogens is 2. The van der Waals surface area contributed by atoms with Gasteiger partial charge in [-0.1, -0.05) is 18.1 Å². The van der Waals surface area contributed by atoms with E-state index in [4.69, 9.17) is 11.4 Å². The second-order valence-corrected chi connectivity index (χ2v) is 9.00. The van der Waals surface area contributed by atoms with Crippen LogP contribution in [0.25, 0.3) is 22.0 Å². The highest BCUT2D eigenvalue weighted by molar-refractivity contribution is 5.98. The molecule has 0 aliphatic carbocycles. The van der Waals surface area contributed by atoms with Gasteiger partial charge in [0.1, 0.15) is 0 Å². The number of hydrogen-bond donors (Lipinski definition) is 3. The molecular formula is C29H25N5O2. The van der Waals surface area contributed by atoms with Crippen LogP contribution in [0.1, 0.15) is 45.7 Å². The summed E-state index contributed by atoms with van der Waals surface area (Å²) in [5, 5.41) is 9.78. The van der Waals surface area contributed by atoms with Gasteiger partial charge in [-0.05, 0) is 79.4 Å². The zero-order valence-corrected chi connectivity index (χ0v) is 20.1. The lowest BCUT2D eigenvalue weighted by molar-refractivity contribution is 0.0936. The Kier molecular flexibility index (Phi) is 6.09. The van der Waals surface area contributed by atoms with Crippen LogP contribution >= 0.6 is 0 Å². The summed E-state index contributed by atoms with van der Waals surface area (Å²) in [4.78, 5) is 33.4. The van der Waals surface area contributed by atoms with E-state index < -0.39 is 0 Å². The number of nitrogens with one attached hydrogen (secondary N) is 3. The van der Waals surface area contributed by atoms with Crippen LogP contribution in [0, 0.1) is 12.3 Å². The highest BCUT2D eigenvalue weighted by Gasteiger charge is 2.18. The van der Waals surface area contributed by atoms with Crippen molar-refractivity contribution in [2.45, 2.75) is 26.3 Å². The van der Waals surface area contributed by atoms with E-state index in [9.17, 15) is 9.59 Å². The van der Waals surface area contributed by atoms with Crippen LogP contribution < -0.4 is 16.0 Å². The Hall–Kier alpha value is -4.70. The Balaban J connectivity index is 1.45. The fourth-order valence-electron chi connectivity index (χ4n) is 4.27. The second-order valence-electron chi connectivity index (χ2n) is 9.00. The van der Waals surface area contributed by atoms with Crippen LogP contribution in [0.4, 0.5) is 11.6 Å². The van der Waals surface area contributed by atoms with Crippen molar-refractivity contribution in [3.63, 3.8) is 0 Å². The molecule has 178 valence electrons. The number of terminal acetylenes is 1. The van der Waals surface area contributed by atoms with Gasteiger partial charge < -0.3 is 16.0 Å². The van der Waals surface area contributed by atoms with Crippen molar-refractivity contribution >= 4 is 34.4 Å². The molecule has 4 aromatic rings. The Morgan fingerprint density at radius 3 is 2.64 bits per heavy atom. The van der Waals surface area contributed by atoms with Gasteiger partial charge in [0.2, 0.25) is 5.95 Å². The smallest absolute Gasteiger partial charge is 0.251 e. The molecule has 2 amide bonds. The van der Waals surface area contributed by atoms with E-state index >= 15 is 0 Å². The zero-order valence-electron chi connectivity index (χ0n) is 20.1. The predicted molar refractivity (Wildman–Crippen MR) is 141 cm³/mol. The lowest BCUT2D eigenvalue weighted by Crippen LogP contribution is -2.31. The van der Waals surface area contributed by atoms with Crippen LogP contribution in [-0.2, 0) is 6.42 Å². The SMILES string of the molecule is C#Cc1cc2cnc(Nc3ccc(C(=O)NC(C)C)cc3)nc2cc1-c1ccc2c(c1)CCNC2=O. The molecule has 0 saturated carbocycles. The summed E-state index contributed by atoms with van der Waals surface area (Å²) in [5.41, 5.74) is 6.37. The Morgan fingerprint density at radius 1 is 1.08 bits per heavy atom. The number of nitrogens with zero attached hydrogens (tertiary/aromatic N) is 2. The first-order valence-electron chi connectivity index (χ1n) is 11.8. The van der Waals surface area contributed by atoms with Crippen molar-refractivity contribution in [3.8, 4) is 23.5 Å². The van der Waals surface area contributed by atoms with Crippen molar-refractivity contribution in [2.75, 3.05) is 11.9 Å². The molecule has 0 unspecified atom stereocenters. The molecule has 0 bridgehead atoms. The van der Waals surface area contributed by atoms with E-state index in [1.165, 1.54) is 0 Å². The third kappa shape index (κ3) is 4.62. The van der Waals surface area contributed by atoms with Crippen molar-refractivity contribution in [1.29, 1.82) is 0 Å². The van der Waals surface area contributed by atoms with Crippen LogP contribution in [0.15, 0.2) is 60.8 Å². The van der Waals surface area contributed by atoms with Crippen LogP contribution in [0.3, 0.4) is 0 Å². The van der Waals surface area contributed by atoms with E-state index in [0.717, 1.165) is 45.3 Å².